The van der Waals surface area contributed by atoms with Crippen molar-refractivity contribution in [1.29, 1.82) is 0 Å². The van der Waals surface area contributed by atoms with Gasteiger partial charge in [-0.3, -0.25) is 4.90 Å². The van der Waals surface area contributed by atoms with Crippen LogP contribution in [0.3, 0.4) is 0 Å². The van der Waals surface area contributed by atoms with E-state index in [4.69, 9.17) is 4.74 Å². The lowest BCUT2D eigenvalue weighted by atomic mass is 9.93. The number of piperidine rings is 1. The van der Waals surface area contributed by atoms with E-state index in [-0.39, 0.29) is 17.1 Å². The lowest BCUT2D eigenvalue weighted by Crippen LogP contribution is -2.46. The number of nitrogens with zero attached hydrogens (tertiary/aromatic N) is 1. The van der Waals surface area contributed by atoms with E-state index < -0.39 is 0 Å². The van der Waals surface area contributed by atoms with Gasteiger partial charge in [0, 0.05) is 17.2 Å². The molecule has 3 nitrogen and oxygen atoms in total. The fourth-order valence-electron chi connectivity index (χ4n) is 3.45. The Morgan fingerprint density at radius 1 is 1.08 bits per heavy atom. The molecule has 1 aliphatic heterocycles. The Morgan fingerprint density at radius 3 is 2.31 bits per heavy atom. The minimum Gasteiger partial charge on any atom is -0.508 e. The van der Waals surface area contributed by atoms with Crippen molar-refractivity contribution in [3.05, 3.63) is 48.3 Å². The van der Waals surface area contributed by atoms with E-state index in [1.165, 1.54) is 6.07 Å². The highest BCUT2D eigenvalue weighted by molar-refractivity contribution is 5.65. The summed E-state index contributed by atoms with van der Waals surface area (Å²) in [6.45, 7) is 9.57. The van der Waals surface area contributed by atoms with Gasteiger partial charge in [0.25, 0.3) is 0 Å². The van der Waals surface area contributed by atoms with Gasteiger partial charge in [-0.05, 0) is 82.4 Å². The van der Waals surface area contributed by atoms with Crippen LogP contribution in [0.5, 0.6) is 11.5 Å². The summed E-state index contributed by atoms with van der Waals surface area (Å²) >= 11 is 0. The number of rotatable bonds is 4. The summed E-state index contributed by atoms with van der Waals surface area (Å²) in [5, 5.41) is 9.35. The second-order valence-electron chi connectivity index (χ2n) is 8.10. The molecular weight excluding hydrogens is 329 g/mol. The zero-order valence-corrected chi connectivity index (χ0v) is 15.8. The number of phenols is 1. The third-order valence-corrected chi connectivity index (χ3v) is 5.17. The molecule has 1 fully saturated rings. The largest absolute Gasteiger partial charge is 0.508 e. The molecule has 4 heteroatoms. The highest BCUT2D eigenvalue weighted by Crippen LogP contribution is 2.29. The van der Waals surface area contributed by atoms with Gasteiger partial charge in [-0.2, -0.15) is 0 Å². The summed E-state index contributed by atoms with van der Waals surface area (Å²) in [5.74, 6) is 0.957. The first-order valence-electron chi connectivity index (χ1n) is 9.30. The van der Waals surface area contributed by atoms with Crippen LogP contribution >= 0.6 is 0 Å². The van der Waals surface area contributed by atoms with E-state index in [1.54, 1.807) is 30.3 Å². The molecule has 1 saturated heterocycles. The van der Waals surface area contributed by atoms with Crippen molar-refractivity contribution in [2.45, 2.75) is 39.2 Å². The SMILES string of the molecule is CC(C)(C)N1CCC(COc2ccc(-c3ccc(O)cc3)c(F)c2)CC1. The van der Waals surface area contributed by atoms with E-state index in [1.807, 2.05) is 6.07 Å². The van der Waals surface area contributed by atoms with Crippen molar-refractivity contribution >= 4 is 0 Å². The zero-order valence-electron chi connectivity index (χ0n) is 15.8. The van der Waals surface area contributed by atoms with Crippen LogP contribution in [0, 0.1) is 11.7 Å². The van der Waals surface area contributed by atoms with E-state index in [9.17, 15) is 9.50 Å². The summed E-state index contributed by atoms with van der Waals surface area (Å²) in [5.41, 5.74) is 1.47. The van der Waals surface area contributed by atoms with Crippen LogP contribution in [0.15, 0.2) is 42.5 Å². The highest BCUT2D eigenvalue weighted by Gasteiger charge is 2.27. The second kappa shape index (κ2) is 7.67. The van der Waals surface area contributed by atoms with E-state index in [0.717, 1.165) is 31.5 Å². The molecule has 0 radical (unpaired) electrons. The average molecular weight is 357 g/mol. The predicted octanol–water partition coefficient (Wildman–Crippen LogP) is 5.09. The molecule has 2 aromatic carbocycles. The zero-order chi connectivity index (χ0) is 18.7. The quantitative estimate of drug-likeness (QED) is 0.827. The molecule has 0 atom stereocenters. The van der Waals surface area contributed by atoms with Crippen molar-refractivity contribution in [3.63, 3.8) is 0 Å². The van der Waals surface area contributed by atoms with Crippen LogP contribution < -0.4 is 4.74 Å². The Hall–Kier alpha value is -2.07. The van der Waals surface area contributed by atoms with Crippen molar-refractivity contribution < 1.29 is 14.2 Å². The smallest absolute Gasteiger partial charge is 0.134 e. The fourth-order valence-corrected chi connectivity index (χ4v) is 3.45. The monoisotopic (exact) mass is 357 g/mol. The van der Waals surface area contributed by atoms with Gasteiger partial charge >= 0.3 is 0 Å². The van der Waals surface area contributed by atoms with Gasteiger partial charge in [0.05, 0.1) is 6.61 Å². The summed E-state index contributed by atoms with van der Waals surface area (Å²) in [6, 6.07) is 11.5. The number of phenolic OH excluding ortho intramolecular Hbond substituents is 1. The van der Waals surface area contributed by atoms with Crippen molar-refractivity contribution in [2.24, 2.45) is 5.92 Å². The van der Waals surface area contributed by atoms with Crippen LogP contribution in [0.4, 0.5) is 4.39 Å². The second-order valence-corrected chi connectivity index (χ2v) is 8.10. The summed E-state index contributed by atoms with van der Waals surface area (Å²) in [6.07, 6.45) is 2.23. The number of likely N-dealkylation sites (tertiary alicyclic amines) is 1. The molecule has 0 aliphatic carbocycles. The average Bonchev–Trinajstić information content (AvgIpc) is 2.61. The number of aromatic hydroxyl groups is 1. The first kappa shape index (κ1) is 18.7. The molecule has 2 aromatic rings. The molecule has 0 amide bonds. The molecule has 0 bridgehead atoms. The topological polar surface area (TPSA) is 32.7 Å². The fraction of sp³-hybridized carbons (Fsp3) is 0.455. The number of hydrogen-bond donors (Lipinski definition) is 1. The van der Waals surface area contributed by atoms with Crippen LogP contribution in [-0.4, -0.2) is 35.2 Å². The highest BCUT2D eigenvalue weighted by atomic mass is 19.1. The lowest BCUT2D eigenvalue weighted by molar-refractivity contribution is 0.0720. The Labute approximate surface area is 155 Å². The van der Waals surface area contributed by atoms with E-state index in [2.05, 4.69) is 25.7 Å². The van der Waals surface area contributed by atoms with E-state index in [0.29, 0.717) is 23.8 Å². The third-order valence-electron chi connectivity index (χ3n) is 5.17. The van der Waals surface area contributed by atoms with Gasteiger partial charge in [0.15, 0.2) is 0 Å². The molecule has 0 spiro atoms. The molecule has 1 aliphatic rings. The molecule has 0 saturated carbocycles. The molecular formula is C22H28FNO2. The Morgan fingerprint density at radius 2 is 1.73 bits per heavy atom. The summed E-state index contributed by atoms with van der Waals surface area (Å²) < 4.78 is 20.3. The predicted molar refractivity (Wildman–Crippen MR) is 103 cm³/mol. The molecule has 1 N–H and O–H groups in total. The van der Waals surface area contributed by atoms with Crippen molar-refractivity contribution in [1.82, 2.24) is 4.90 Å². The lowest BCUT2D eigenvalue weighted by Gasteiger charge is -2.40. The van der Waals surface area contributed by atoms with Crippen LogP contribution in [0.25, 0.3) is 11.1 Å². The van der Waals surface area contributed by atoms with Gasteiger partial charge in [-0.25, -0.2) is 4.39 Å². The van der Waals surface area contributed by atoms with Gasteiger partial charge in [-0.1, -0.05) is 12.1 Å². The maximum absolute atomic E-state index is 14.4. The number of hydrogen-bond acceptors (Lipinski definition) is 3. The van der Waals surface area contributed by atoms with Gasteiger partial charge < -0.3 is 9.84 Å². The van der Waals surface area contributed by atoms with Crippen LogP contribution in [0.1, 0.15) is 33.6 Å². The first-order chi connectivity index (χ1) is 12.3. The van der Waals surface area contributed by atoms with E-state index >= 15 is 0 Å². The minimum atomic E-state index is -0.309. The Bertz CT molecular complexity index is 729. The molecule has 3 rings (SSSR count). The molecule has 140 valence electrons. The standard InChI is InChI=1S/C22H28FNO2/c1-22(2,3)24-12-10-16(11-13-24)15-26-19-8-9-20(21(23)14-19)17-4-6-18(25)7-5-17/h4-9,14,16,25H,10-13,15H2,1-3H3. The Kier molecular flexibility index (Phi) is 5.52. The number of ether oxygens (including phenoxy) is 1. The molecule has 26 heavy (non-hydrogen) atoms. The number of halogens is 1. The minimum absolute atomic E-state index is 0.173. The maximum atomic E-state index is 14.4. The third kappa shape index (κ3) is 4.55. The summed E-state index contributed by atoms with van der Waals surface area (Å²) in [7, 11) is 0. The number of benzene rings is 2. The first-order valence-corrected chi connectivity index (χ1v) is 9.30. The molecule has 0 aromatic heterocycles. The normalized spacial score (nSPS) is 16.6. The van der Waals surface area contributed by atoms with Gasteiger partial charge in [0.1, 0.15) is 17.3 Å². The van der Waals surface area contributed by atoms with Gasteiger partial charge in [-0.15, -0.1) is 0 Å². The van der Waals surface area contributed by atoms with Crippen molar-refractivity contribution in [3.8, 4) is 22.6 Å². The van der Waals surface area contributed by atoms with Gasteiger partial charge in [0.2, 0.25) is 0 Å². The van der Waals surface area contributed by atoms with Crippen molar-refractivity contribution in [2.75, 3.05) is 19.7 Å². The summed E-state index contributed by atoms with van der Waals surface area (Å²) in [4.78, 5) is 2.51. The maximum Gasteiger partial charge on any atom is 0.134 e. The molecule has 1 heterocycles. The van der Waals surface area contributed by atoms with Crippen LogP contribution in [-0.2, 0) is 0 Å². The van der Waals surface area contributed by atoms with Crippen LogP contribution in [0.2, 0.25) is 0 Å². The molecule has 0 unspecified atom stereocenters. The Balaban J connectivity index is 1.56.